The minimum absolute atomic E-state index is 0. The zero-order valence-electron chi connectivity index (χ0n) is 4.07. The second-order valence-corrected chi connectivity index (χ2v) is 2.20. The number of hydrogen-bond acceptors (Lipinski definition) is 2. The molecule has 46 valence electrons. The summed E-state index contributed by atoms with van der Waals surface area (Å²) in [6.45, 7) is 0. The van der Waals surface area contributed by atoms with Crippen LogP contribution in [0.2, 0.25) is 0 Å². The van der Waals surface area contributed by atoms with Crippen LogP contribution < -0.4 is 0 Å². The standard InChI is InChI=1S/C4H5NO2S.Na.H/c6-4(7)5-1-2-8-3-5;;/h1-2H,3H2,(H,6,7);;. The summed E-state index contributed by atoms with van der Waals surface area (Å²) in [5.74, 6) is 0.537. The summed E-state index contributed by atoms with van der Waals surface area (Å²) in [7, 11) is 0. The number of carboxylic acid groups (broad SMARTS) is 1. The Balaban J connectivity index is 0.000000640. The number of rotatable bonds is 0. The normalized spacial score (nSPS) is 15.3. The van der Waals surface area contributed by atoms with Crippen molar-refractivity contribution in [3.8, 4) is 0 Å². The summed E-state index contributed by atoms with van der Waals surface area (Å²) in [4.78, 5) is 11.3. The van der Waals surface area contributed by atoms with E-state index in [1.807, 2.05) is 0 Å². The van der Waals surface area contributed by atoms with Gasteiger partial charge in [0.25, 0.3) is 0 Å². The summed E-state index contributed by atoms with van der Waals surface area (Å²) in [6.07, 6.45) is 0.666. The second kappa shape index (κ2) is 4.22. The molecule has 0 spiro atoms. The zero-order chi connectivity index (χ0) is 5.98. The molecule has 0 aromatic heterocycles. The van der Waals surface area contributed by atoms with Crippen LogP contribution in [0.3, 0.4) is 0 Å². The molecule has 0 fully saturated rings. The molecule has 3 nitrogen and oxygen atoms in total. The van der Waals surface area contributed by atoms with Gasteiger partial charge in [-0.05, 0) is 5.41 Å². The zero-order valence-corrected chi connectivity index (χ0v) is 4.89. The number of thioether (sulfide) groups is 1. The van der Waals surface area contributed by atoms with E-state index >= 15 is 0 Å². The van der Waals surface area contributed by atoms with Gasteiger partial charge in [0.15, 0.2) is 0 Å². The van der Waals surface area contributed by atoms with Crippen LogP contribution in [0.1, 0.15) is 0 Å². The first-order valence-electron chi connectivity index (χ1n) is 2.08. The van der Waals surface area contributed by atoms with Gasteiger partial charge >= 0.3 is 35.7 Å². The van der Waals surface area contributed by atoms with Crippen molar-refractivity contribution in [2.24, 2.45) is 0 Å². The van der Waals surface area contributed by atoms with Crippen molar-refractivity contribution < 1.29 is 9.90 Å². The molecule has 0 unspecified atom stereocenters. The molecule has 0 atom stereocenters. The van der Waals surface area contributed by atoms with Gasteiger partial charge in [-0.3, -0.25) is 4.90 Å². The van der Waals surface area contributed by atoms with Crippen molar-refractivity contribution in [2.45, 2.75) is 0 Å². The van der Waals surface area contributed by atoms with Crippen molar-refractivity contribution in [3.63, 3.8) is 0 Å². The van der Waals surface area contributed by atoms with Gasteiger partial charge in [0.05, 0.1) is 5.88 Å². The Morgan fingerprint density at radius 3 is 2.67 bits per heavy atom. The van der Waals surface area contributed by atoms with Gasteiger partial charge < -0.3 is 5.11 Å². The van der Waals surface area contributed by atoms with Gasteiger partial charge in [-0.25, -0.2) is 4.79 Å². The summed E-state index contributed by atoms with van der Waals surface area (Å²) in [5.41, 5.74) is 0. The Kier molecular flexibility index (Phi) is 4.39. The predicted molar refractivity (Wildman–Crippen MR) is 38.6 cm³/mol. The van der Waals surface area contributed by atoms with E-state index in [4.69, 9.17) is 5.11 Å². The molecule has 5 heteroatoms. The van der Waals surface area contributed by atoms with Crippen molar-refractivity contribution in [2.75, 3.05) is 5.88 Å². The molecule has 1 amide bonds. The Hall–Kier alpha value is 0.360. The molecule has 1 aliphatic heterocycles. The number of amides is 1. The quantitative estimate of drug-likeness (QED) is 0.517. The van der Waals surface area contributed by atoms with E-state index in [1.54, 1.807) is 11.6 Å². The van der Waals surface area contributed by atoms with E-state index in [1.165, 1.54) is 16.7 Å². The van der Waals surface area contributed by atoms with Crippen LogP contribution in [-0.4, -0.2) is 51.5 Å². The second-order valence-electron chi connectivity index (χ2n) is 1.33. The Morgan fingerprint density at radius 1 is 1.78 bits per heavy atom. The first-order valence-corrected chi connectivity index (χ1v) is 3.13. The van der Waals surface area contributed by atoms with Crippen LogP contribution in [0.5, 0.6) is 0 Å². The summed E-state index contributed by atoms with van der Waals surface area (Å²) in [6, 6.07) is 0. The van der Waals surface area contributed by atoms with Crippen LogP contribution >= 0.6 is 11.8 Å². The molecule has 0 saturated carbocycles. The van der Waals surface area contributed by atoms with E-state index < -0.39 is 6.09 Å². The number of hydrogen-bond donors (Lipinski definition) is 1. The maximum atomic E-state index is 10.1. The van der Waals surface area contributed by atoms with E-state index in [0.29, 0.717) is 5.88 Å². The fourth-order valence-electron chi connectivity index (χ4n) is 0.402. The molecule has 0 aromatic carbocycles. The van der Waals surface area contributed by atoms with Gasteiger partial charge in [-0.2, -0.15) is 0 Å². The molecule has 0 aliphatic carbocycles. The monoisotopic (exact) mass is 155 g/mol. The molecule has 1 N–H and O–H groups in total. The maximum absolute atomic E-state index is 10.1. The van der Waals surface area contributed by atoms with Crippen molar-refractivity contribution in [1.82, 2.24) is 4.90 Å². The van der Waals surface area contributed by atoms with E-state index in [0.717, 1.165) is 0 Å². The molecule has 1 rings (SSSR count). The van der Waals surface area contributed by atoms with Crippen molar-refractivity contribution >= 4 is 47.4 Å². The Bertz CT molecular complexity index is 139. The SMILES string of the molecule is O=C(O)N1C=CSC1.[NaH]. The fraction of sp³-hybridized carbons (Fsp3) is 0.250. The van der Waals surface area contributed by atoms with Crippen LogP contribution in [0, 0.1) is 0 Å². The fourth-order valence-corrected chi connectivity index (χ4v) is 1.08. The average Bonchev–Trinajstić information content (AvgIpc) is 2.12. The topological polar surface area (TPSA) is 40.5 Å². The molecule has 0 radical (unpaired) electrons. The van der Waals surface area contributed by atoms with Gasteiger partial charge in [0.2, 0.25) is 0 Å². The van der Waals surface area contributed by atoms with Crippen molar-refractivity contribution in [1.29, 1.82) is 0 Å². The molecule has 1 aliphatic rings. The number of nitrogens with zero attached hydrogens (tertiary/aromatic N) is 1. The Morgan fingerprint density at radius 2 is 2.44 bits per heavy atom. The Labute approximate surface area is 79.4 Å². The summed E-state index contributed by atoms with van der Waals surface area (Å²) in [5, 5.41) is 10.0. The summed E-state index contributed by atoms with van der Waals surface area (Å²) < 4.78 is 0. The van der Waals surface area contributed by atoms with Crippen LogP contribution in [-0.2, 0) is 0 Å². The third-order valence-electron chi connectivity index (χ3n) is 0.796. The van der Waals surface area contributed by atoms with Crippen LogP contribution in [0.15, 0.2) is 11.6 Å². The van der Waals surface area contributed by atoms with E-state index in [2.05, 4.69) is 0 Å². The van der Waals surface area contributed by atoms with E-state index in [-0.39, 0.29) is 29.6 Å². The first kappa shape index (κ1) is 9.36. The third kappa shape index (κ3) is 2.62. The van der Waals surface area contributed by atoms with Gasteiger partial charge in [0, 0.05) is 6.20 Å². The van der Waals surface area contributed by atoms with Gasteiger partial charge in [-0.1, -0.05) is 0 Å². The first-order chi connectivity index (χ1) is 3.80. The van der Waals surface area contributed by atoms with Crippen LogP contribution in [0.25, 0.3) is 0 Å². The molecule has 1 heterocycles. The molecule has 0 aromatic rings. The van der Waals surface area contributed by atoms with Gasteiger partial charge in [-0.15, -0.1) is 11.8 Å². The third-order valence-corrected chi connectivity index (χ3v) is 1.54. The number of carbonyl (C=O) groups is 1. The van der Waals surface area contributed by atoms with E-state index in [9.17, 15) is 4.79 Å². The minimum atomic E-state index is -0.883. The summed E-state index contributed by atoms with van der Waals surface area (Å²) >= 11 is 1.48. The van der Waals surface area contributed by atoms with Crippen LogP contribution in [0.4, 0.5) is 4.79 Å². The van der Waals surface area contributed by atoms with Gasteiger partial charge in [0.1, 0.15) is 0 Å². The van der Waals surface area contributed by atoms with Crippen molar-refractivity contribution in [3.05, 3.63) is 11.6 Å². The molecule has 9 heavy (non-hydrogen) atoms. The average molecular weight is 155 g/mol. The molecular weight excluding hydrogens is 149 g/mol. The molecule has 0 saturated heterocycles. The molecular formula is C4H6NNaO2S. The molecule has 0 bridgehead atoms. The predicted octanol–water partition coefficient (Wildman–Crippen LogP) is 0.493.